The highest BCUT2D eigenvalue weighted by Crippen LogP contribution is 2.28. The largest absolute Gasteiger partial charge is 0.398 e. The van der Waals surface area contributed by atoms with Crippen LogP contribution in [0.25, 0.3) is 0 Å². The average Bonchev–Trinajstić information content (AvgIpc) is 2.25. The van der Waals surface area contributed by atoms with Crippen LogP contribution in [-0.4, -0.2) is 6.04 Å². The lowest BCUT2D eigenvalue weighted by Crippen LogP contribution is -2.15. The molecule has 1 aromatic rings. The van der Waals surface area contributed by atoms with Crippen molar-refractivity contribution in [2.24, 2.45) is 5.92 Å². The predicted molar refractivity (Wildman–Crippen MR) is 85.1 cm³/mol. The van der Waals surface area contributed by atoms with Crippen LogP contribution in [0.15, 0.2) is 16.6 Å². The highest BCUT2D eigenvalue weighted by molar-refractivity contribution is 9.10. The van der Waals surface area contributed by atoms with Gasteiger partial charge in [-0.25, -0.2) is 0 Å². The SMILES string of the molecule is Cc1cc(NC(C)CCCC(C)C)c(Br)cc1N. The lowest BCUT2D eigenvalue weighted by Gasteiger charge is -2.18. The van der Waals surface area contributed by atoms with Crippen molar-refractivity contribution in [2.45, 2.75) is 53.0 Å². The molecule has 0 saturated heterocycles. The van der Waals surface area contributed by atoms with Crippen molar-refractivity contribution >= 4 is 27.3 Å². The van der Waals surface area contributed by atoms with Crippen molar-refractivity contribution in [1.29, 1.82) is 0 Å². The van der Waals surface area contributed by atoms with Crippen molar-refractivity contribution in [1.82, 2.24) is 0 Å². The van der Waals surface area contributed by atoms with E-state index in [1.807, 2.05) is 13.0 Å². The Balaban J connectivity index is 2.54. The Hall–Kier alpha value is -0.700. The molecular weight excluding hydrogens is 288 g/mol. The van der Waals surface area contributed by atoms with Gasteiger partial charge in [-0.15, -0.1) is 0 Å². The van der Waals surface area contributed by atoms with Crippen molar-refractivity contribution < 1.29 is 0 Å². The summed E-state index contributed by atoms with van der Waals surface area (Å²) < 4.78 is 1.04. The van der Waals surface area contributed by atoms with Crippen molar-refractivity contribution in [3.05, 3.63) is 22.2 Å². The molecule has 0 spiro atoms. The Morgan fingerprint density at radius 3 is 2.50 bits per heavy atom. The Labute approximate surface area is 119 Å². The van der Waals surface area contributed by atoms with Crippen LogP contribution in [0.3, 0.4) is 0 Å². The molecule has 3 heteroatoms. The van der Waals surface area contributed by atoms with E-state index in [0.717, 1.165) is 27.3 Å². The first-order valence-corrected chi connectivity index (χ1v) is 7.51. The average molecular weight is 313 g/mol. The van der Waals surface area contributed by atoms with Gasteiger partial charge < -0.3 is 11.1 Å². The van der Waals surface area contributed by atoms with Gasteiger partial charge in [0.15, 0.2) is 0 Å². The van der Waals surface area contributed by atoms with Gasteiger partial charge in [0.25, 0.3) is 0 Å². The molecule has 0 amide bonds. The lowest BCUT2D eigenvalue weighted by molar-refractivity contribution is 0.520. The monoisotopic (exact) mass is 312 g/mol. The van der Waals surface area contributed by atoms with E-state index in [0.29, 0.717) is 6.04 Å². The summed E-state index contributed by atoms with van der Waals surface area (Å²) in [6, 6.07) is 4.57. The second-order valence-electron chi connectivity index (χ2n) is 5.56. The zero-order valence-electron chi connectivity index (χ0n) is 11.9. The Morgan fingerprint density at radius 1 is 1.22 bits per heavy atom. The molecule has 0 radical (unpaired) electrons. The molecule has 0 aromatic heterocycles. The van der Waals surface area contributed by atoms with Crippen LogP contribution < -0.4 is 11.1 Å². The maximum Gasteiger partial charge on any atom is 0.0490 e. The number of nitrogens with one attached hydrogen (secondary N) is 1. The summed E-state index contributed by atoms with van der Waals surface area (Å²) in [6.45, 7) is 8.82. The molecule has 18 heavy (non-hydrogen) atoms. The lowest BCUT2D eigenvalue weighted by atomic mass is 10.0. The summed E-state index contributed by atoms with van der Waals surface area (Å²) in [5.41, 5.74) is 8.97. The highest BCUT2D eigenvalue weighted by Gasteiger charge is 2.07. The highest BCUT2D eigenvalue weighted by atomic mass is 79.9. The van der Waals surface area contributed by atoms with Crippen molar-refractivity contribution in [2.75, 3.05) is 11.1 Å². The minimum Gasteiger partial charge on any atom is -0.398 e. The normalized spacial score (nSPS) is 12.8. The van der Waals surface area contributed by atoms with Gasteiger partial charge in [-0.2, -0.15) is 0 Å². The predicted octanol–water partition coefficient (Wildman–Crippen LogP) is 4.97. The number of rotatable bonds is 6. The van der Waals surface area contributed by atoms with E-state index < -0.39 is 0 Å². The van der Waals surface area contributed by atoms with E-state index in [1.54, 1.807) is 0 Å². The number of hydrogen-bond donors (Lipinski definition) is 2. The fraction of sp³-hybridized carbons (Fsp3) is 0.600. The quantitative estimate of drug-likeness (QED) is 0.728. The first-order valence-electron chi connectivity index (χ1n) is 6.72. The number of hydrogen-bond acceptors (Lipinski definition) is 2. The topological polar surface area (TPSA) is 38.0 Å². The van der Waals surface area contributed by atoms with Crippen molar-refractivity contribution in [3.8, 4) is 0 Å². The van der Waals surface area contributed by atoms with E-state index in [4.69, 9.17) is 5.73 Å². The molecule has 3 N–H and O–H groups in total. The molecular formula is C15H25BrN2. The van der Waals surface area contributed by atoms with E-state index in [-0.39, 0.29) is 0 Å². The summed E-state index contributed by atoms with van der Waals surface area (Å²) in [6.07, 6.45) is 3.78. The first-order chi connectivity index (χ1) is 8.40. The second kappa shape index (κ2) is 7.03. The van der Waals surface area contributed by atoms with Crippen LogP contribution >= 0.6 is 15.9 Å². The number of nitrogen functional groups attached to an aromatic ring is 1. The van der Waals surface area contributed by atoms with E-state index in [2.05, 4.69) is 48.1 Å². The second-order valence-corrected chi connectivity index (χ2v) is 6.41. The van der Waals surface area contributed by atoms with Gasteiger partial charge in [0, 0.05) is 21.9 Å². The molecule has 0 heterocycles. The van der Waals surface area contributed by atoms with E-state index in [1.165, 1.54) is 19.3 Å². The van der Waals surface area contributed by atoms with Gasteiger partial charge >= 0.3 is 0 Å². The van der Waals surface area contributed by atoms with Gasteiger partial charge in [-0.05, 0) is 59.8 Å². The summed E-state index contributed by atoms with van der Waals surface area (Å²) in [7, 11) is 0. The number of aryl methyl sites for hydroxylation is 1. The van der Waals surface area contributed by atoms with Crippen molar-refractivity contribution in [3.63, 3.8) is 0 Å². The molecule has 0 bridgehead atoms. The molecule has 0 aliphatic heterocycles. The molecule has 0 aliphatic rings. The third-order valence-corrected chi connectivity index (χ3v) is 3.83. The van der Waals surface area contributed by atoms with Gasteiger partial charge in [-0.1, -0.05) is 26.7 Å². The van der Waals surface area contributed by atoms with Gasteiger partial charge in [0.05, 0.1) is 0 Å². The minimum atomic E-state index is 0.489. The Morgan fingerprint density at radius 2 is 1.89 bits per heavy atom. The van der Waals surface area contributed by atoms with Gasteiger partial charge in [-0.3, -0.25) is 0 Å². The fourth-order valence-electron chi connectivity index (χ4n) is 1.98. The number of anilines is 2. The molecule has 2 nitrogen and oxygen atoms in total. The maximum absolute atomic E-state index is 5.88. The number of halogens is 1. The van der Waals surface area contributed by atoms with Crippen LogP contribution in [-0.2, 0) is 0 Å². The van der Waals surface area contributed by atoms with Gasteiger partial charge in [0.2, 0.25) is 0 Å². The first kappa shape index (κ1) is 15.4. The number of benzene rings is 1. The zero-order valence-corrected chi connectivity index (χ0v) is 13.5. The molecule has 1 unspecified atom stereocenters. The third kappa shape index (κ3) is 4.89. The van der Waals surface area contributed by atoms with E-state index in [9.17, 15) is 0 Å². The maximum atomic E-state index is 5.88. The summed E-state index contributed by atoms with van der Waals surface area (Å²) in [5.74, 6) is 0.794. The summed E-state index contributed by atoms with van der Waals surface area (Å²) >= 11 is 3.56. The molecule has 0 fully saturated rings. The molecule has 1 atom stereocenters. The summed E-state index contributed by atoms with van der Waals surface area (Å²) in [4.78, 5) is 0. The molecule has 102 valence electrons. The zero-order chi connectivity index (χ0) is 13.7. The summed E-state index contributed by atoms with van der Waals surface area (Å²) in [5, 5.41) is 3.55. The van der Waals surface area contributed by atoms with Crippen LogP contribution in [0.2, 0.25) is 0 Å². The standard InChI is InChI=1S/C15H25BrN2/c1-10(2)6-5-7-12(4)18-15-8-11(3)14(17)9-13(15)16/h8-10,12,18H,5-7,17H2,1-4H3. The Bertz CT molecular complexity index is 388. The minimum absolute atomic E-state index is 0.489. The van der Waals surface area contributed by atoms with Gasteiger partial charge in [0.1, 0.15) is 0 Å². The molecule has 0 aliphatic carbocycles. The van der Waals surface area contributed by atoms with Crippen LogP contribution in [0.1, 0.15) is 45.6 Å². The third-order valence-electron chi connectivity index (χ3n) is 3.18. The van der Waals surface area contributed by atoms with Crippen LogP contribution in [0.4, 0.5) is 11.4 Å². The smallest absolute Gasteiger partial charge is 0.0490 e. The number of nitrogens with two attached hydrogens (primary N) is 1. The molecule has 0 saturated carbocycles. The fourth-order valence-corrected chi connectivity index (χ4v) is 2.45. The Kier molecular flexibility index (Phi) is 6.00. The van der Waals surface area contributed by atoms with Crippen LogP contribution in [0, 0.1) is 12.8 Å². The molecule has 1 rings (SSSR count). The van der Waals surface area contributed by atoms with E-state index >= 15 is 0 Å². The molecule has 1 aromatic carbocycles. The van der Waals surface area contributed by atoms with Crippen LogP contribution in [0.5, 0.6) is 0 Å².